The molecular formula is C20H30N2O4. The van der Waals surface area contributed by atoms with Crippen molar-refractivity contribution in [2.45, 2.75) is 54.4 Å². The van der Waals surface area contributed by atoms with Gasteiger partial charge in [0.1, 0.15) is 5.75 Å². The lowest BCUT2D eigenvalue weighted by atomic mass is 9.99. The van der Waals surface area contributed by atoms with Crippen molar-refractivity contribution in [3.05, 3.63) is 28.8 Å². The molecule has 26 heavy (non-hydrogen) atoms. The maximum Gasteiger partial charge on any atom is 0.314 e. The summed E-state index contributed by atoms with van der Waals surface area (Å²) in [4.78, 5) is 24.0. The molecule has 0 saturated heterocycles. The molecule has 0 bridgehead atoms. The van der Waals surface area contributed by atoms with Gasteiger partial charge in [-0.25, -0.2) is 5.43 Å². The lowest BCUT2D eigenvalue weighted by molar-refractivity contribution is -0.145. The zero-order chi connectivity index (χ0) is 19.7. The van der Waals surface area contributed by atoms with Gasteiger partial charge in [-0.2, -0.15) is 5.10 Å². The maximum atomic E-state index is 12.0. The molecule has 1 aromatic carbocycles. The predicted octanol–water partition coefficient (Wildman–Crippen LogP) is 3.46. The number of amides is 1. The number of nitrogens with zero attached hydrogens (tertiary/aromatic N) is 1. The van der Waals surface area contributed by atoms with Crippen molar-refractivity contribution in [2.75, 3.05) is 13.2 Å². The molecule has 0 radical (unpaired) electrons. The Morgan fingerprint density at radius 1 is 1.15 bits per heavy atom. The molecule has 1 aromatic rings. The number of rotatable bonds is 9. The summed E-state index contributed by atoms with van der Waals surface area (Å²) in [5, 5.41) is 4.05. The van der Waals surface area contributed by atoms with Gasteiger partial charge in [-0.15, -0.1) is 0 Å². The summed E-state index contributed by atoms with van der Waals surface area (Å²) < 4.78 is 10.7. The Bertz CT molecular complexity index is 645. The van der Waals surface area contributed by atoms with Crippen LogP contribution in [0, 0.1) is 26.7 Å². The zero-order valence-electron chi connectivity index (χ0n) is 16.6. The monoisotopic (exact) mass is 362 g/mol. The topological polar surface area (TPSA) is 77.0 Å². The molecule has 0 saturated carbocycles. The summed E-state index contributed by atoms with van der Waals surface area (Å²) in [5.41, 5.74) is 6.11. The van der Waals surface area contributed by atoms with E-state index in [4.69, 9.17) is 9.47 Å². The number of carbonyl (C=O) groups excluding carboxylic acids is 2. The molecule has 6 heteroatoms. The highest BCUT2D eigenvalue weighted by Gasteiger charge is 2.22. The Kier molecular flexibility index (Phi) is 8.82. The van der Waals surface area contributed by atoms with E-state index in [1.165, 1.54) is 0 Å². The first-order valence-electron chi connectivity index (χ1n) is 9.00. The van der Waals surface area contributed by atoms with E-state index in [0.717, 1.165) is 23.1 Å². The van der Waals surface area contributed by atoms with Crippen molar-refractivity contribution in [2.24, 2.45) is 11.0 Å². The second-order valence-corrected chi connectivity index (χ2v) is 6.40. The Balaban J connectivity index is 2.66. The number of benzene rings is 1. The third-order valence-electron chi connectivity index (χ3n) is 3.96. The van der Waals surface area contributed by atoms with E-state index >= 15 is 0 Å². The smallest absolute Gasteiger partial charge is 0.314 e. The Hall–Kier alpha value is -2.37. The molecule has 1 N–H and O–H groups in total. The predicted molar refractivity (Wildman–Crippen MR) is 102 cm³/mol. The van der Waals surface area contributed by atoms with Crippen LogP contribution < -0.4 is 10.2 Å². The Labute approximate surface area is 156 Å². The van der Waals surface area contributed by atoms with Crippen LogP contribution in [0.5, 0.6) is 5.75 Å². The molecule has 1 amide bonds. The van der Waals surface area contributed by atoms with Crippen molar-refractivity contribution >= 4 is 17.6 Å². The number of hydrogen-bond acceptors (Lipinski definition) is 5. The van der Waals surface area contributed by atoms with Crippen LogP contribution in [0.4, 0.5) is 0 Å². The van der Waals surface area contributed by atoms with Crippen molar-refractivity contribution in [3.63, 3.8) is 0 Å². The average molecular weight is 362 g/mol. The van der Waals surface area contributed by atoms with Gasteiger partial charge in [-0.05, 0) is 52.2 Å². The van der Waals surface area contributed by atoms with Gasteiger partial charge in [0.25, 0.3) is 5.91 Å². The molecule has 1 atom stereocenters. The summed E-state index contributed by atoms with van der Waals surface area (Å²) in [6, 6.07) is 4.02. The molecule has 0 aromatic heterocycles. The van der Waals surface area contributed by atoms with E-state index in [0.29, 0.717) is 24.5 Å². The van der Waals surface area contributed by atoms with E-state index in [2.05, 4.69) is 10.5 Å². The molecule has 0 aliphatic carbocycles. The Morgan fingerprint density at radius 3 is 2.31 bits per heavy atom. The second kappa shape index (κ2) is 10.6. The Morgan fingerprint density at radius 2 is 1.77 bits per heavy atom. The van der Waals surface area contributed by atoms with Crippen LogP contribution in [0.3, 0.4) is 0 Å². The van der Waals surface area contributed by atoms with Crippen LogP contribution in [-0.2, 0) is 14.3 Å². The number of aryl methyl sites for hydroxylation is 3. The van der Waals surface area contributed by atoms with Crippen LogP contribution in [0.1, 0.15) is 50.3 Å². The van der Waals surface area contributed by atoms with Gasteiger partial charge in [0.15, 0.2) is 6.61 Å². The van der Waals surface area contributed by atoms with Gasteiger partial charge in [0.2, 0.25) is 0 Å². The maximum absolute atomic E-state index is 12.0. The standard InChI is InChI=1S/C20H30N2O4/c1-7-9-17(20(24)25-8-2)16(6)21-22-18(23)12-26-19-14(4)10-13(3)11-15(19)5/h10-11,17H,7-9,12H2,1-6H3,(H,22,23)/b21-16+/t17-/m1/s1. The molecule has 1 rings (SSSR count). The molecule has 0 aliphatic heterocycles. The van der Waals surface area contributed by atoms with Gasteiger partial charge in [0.05, 0.1) is 12.5 Å². The SMILES string of the molecule is CCC[C@@H](C(=O)OCC)/C(C)=N/NC(=O)COc1c(C)cc(C)cc1C. The third kappa shape index (κ3) is 6.50. The first-order chi connectivity index (χ1) is 12.3. The minimum absolute atomic E-state index is 0.140. The van der Waals surface area contributed by atoms with Gasteiger partial charge in [-0.3, -0.25) is 9.59 Å². The van der Waals surface area contributed by atoms with E-state index in [1.54, 1.807) is 13.8 Å². The average Bonchev–Trinajstić information content (AvgIpc) is 2.56. The van der Waals surface area contributed by atoms with Crippen LogP contribution in [0.25, 0.3) is 0 Å². The number of nitrogens with one attached hydrogen (secondary N) is 1. The summed E-state index contributed by atoms with van der Waals surface area (Å²) in [5.74, 6) is -0.417. The van der Waals surface area contributed by atoms with Gasteiger partial charge in [-0.1, -0.05) is 31.0 Å². The number of hydrazone groups is 1. The molecule has 0 fully saturated rings. The summed E-state index contributed by atoms with van der Waals surface area (Å²) >= 11 is 0. The summed E-state index contributed by atoms with van der Waals surface area (Å²) in [6.07, 6.45) is 1.45. The highest BCUT2D eigenvalue weighted by atomic mass is 16.5. The lowest BCUT2D eigenvalue weighted by Crippen LogP contribution is -2.30. The van der Waals surface area contributed by atoms with E-state index in [-0.39, 0.29) is 18.5 Å². The van der Waals surface area contributed by atoms with Crippen molar-refractivity contribution in [1.29, 1.82) is 0 Å². The first kappa shape index (κ1) is 21.7. The van der Waals surface area contributed by atoms with Gasteiger partial charge < -0.3 is 9.47 Å². The van der Waals surface area contributed by atoms with Gasteiger partial charge >= 0.3 is 5.97 Å². The second-order valence-electron chi connectivity index (χ2n) is 6.40. The minimum Gasteiger partial charge on any atom is -0.483 e. The normalized spacial score (nSPS) is 12.5. The first-order valence-corrected chi connectivity index (χ1v) is 9.00. The van der Waals surface area contributed by atoms with Crippen molar-refractivity contribution in [3.8, 4) is 5.75 Å². The number of esters is 1. The third-order valence-corrected chi connectivity index (χ3v) is 3.96. The molecule has 0 spiro atoms. The van der Waals surface area contributed by atoms with Crippen LogP contribution >= 0.6 is 0 Å². The van der Waals surface area contributed by atoms with Crippen LogP contribution in [0.2, 0.25) is 0 Å². The number of hydrogen-bond donors (Lipinski definition) is 1. The van der Waals surface area contributed by atoms with Crippen molar-refractivity contribution < 1.29 is 19.1 Å². The fourth-order valence-corrected chi connectivity index (χ4v) is 2.82. The highest BCUT2D eigenvalue weighted by molar-refractivity contribution is 6.01. The van der Waals surface area contributed by atoms with E-state index in [1.807, 2.05) is 39.8 Å². The summed E-state index contributed by atoms with van der Waals surface area (Å²) in [7, 11) is 0. The van der Waals surface area contributed by atoms with E-state index < -0.39 is 5.92 Å². The highest BCUT2D eigenvalue weighted by Crippen LogP contribution is 2.24. The van der Waals surface area contributed by atoms with Crippen LogP contribution in [-0.4, -0.2) is 30.8 Å². The van der Waals surface area contributed by atoms with E-state index in [9.17, 15) is 9.59 Å². The fraction of sp³-hybridized carbons (Fsp3) is 0.550. The fourth-order valence-electron chi connectivity index (χ4n) is 2.82. The molecule has 0 unspecified atom stereocenters. The molecule has 144 valence electrons. The molecule has 0 aliphatic rings. The van der Waals surface area contributed by atoms with Crippen molar-refractivity contribution in [1.82, 2.24) is 5.43 Å². The lowest BCUT2D eigenvalue weighted by Gasteiger charge is -2.15. The summed E-state index contributed by atoms with van der Waals surface area (Å²) in [6.45, 7) is 11.6. The largest absolute Gasteiger partial charge is 0.483 e. The number of carbonyl (C=O) groups is 2. The quantitative estimate of drug-likeness (QED) is 0.415. The molecule has 0 heterocycles. The molecule has 6 nitrogen and oxygen atoms in total. The van der Waals surface area contributed by atoms with Gasteiger partial charge in [0, 0.05) is 5.71 Å². The number of ether oxygens (including phenoxy) is 2. The zero-order valence-corrected chi connectivity index (χ0v) is 16.6. The minimum atomic E-state index is -0.442. The van der Waals surface area contributed by atoms with Crippen LogP contribution in [0.15, 0.2) is 17.2 Å². The molecular weight excluding hydrogens is 332 g/mol.